The smallest absolute Gasteiger partial charge is 0.480 e. The lowest BCUT2D eigenvalue weighted by Gasteiger charge is -2.29. The van der Waals surface area contributed by atoms with Crippen molar-refractivity contribution >= 4 is 40.7 Å². The number of carboxylic acids is 1. The Morgan fingerprint density at radius 2 is 1.94 bits per heavy atom. The Kier molecular flexibility index (Phi) is 9.95. The van der Waals surface area contributed by atoms with Crippen LogP contribution in [0.1, 0.15) is 55.6 Å². The van der Waals surface area contributed by atoms with Gasteiger partial charge < -0.3 is 14.7 Å². The van der Waals surface area contributed by atoms with Crippen molar-refractivity contribution in [3.8, 4) is 0 Å². The molecule has 4 atom stereocenters. The Morgan fingerprint density at radius 3 is 2.51 bits per heavy atom. The average molecular weight is 521 g/mol. The molecule has 0 saturated carbocycles. The zero-order valence-corrected chi connectivity index (χ0v) is 20.0. The van der Waals surface area contributed by atoms with E-state index in [4.69, 9.17) is 0 Å². The molecule has 2 heterocycles. The lowest BCUT2D eigenvalue weighted by Crippen LogP contribution is -2.54. The van der Waals surface area contributed by atoms with Crippen LogP contribution in [0.25, 0.3) is 0 Å². The third kappa shape index (κ3) is 7.85. The van der Waals surface area contributed by atoms with E-state index in [1.165, 1.54) is 23.2 Å². The van der Waals surface area contributed by atoms with E-state index in [-0.39, 0.29) is 38.0 Å². The van der Waals surface area contributed by atoms with Gasteiger partial charge in [0.1, 0.15) is 6.04 Å². The number of hydrogen-bond acceptors (Lipinski definition) is 8. The predicted molar refractivity (Wildman–Crippen MR) is 118 cm³/mol. The summed E-state index contributed by atoms with van der Waals surface area (Å²) in [7, 11) is 0. The third-order valence-corrected chi connectivity index (χ3v) is 6.51. The predicted octanol–water partition coefficient (Wildman–Crippen LogP) is 2.59. The van der Waals surface area contributed by atoms with Gasteiger partial charge in [-0.25, -0.2) is 9.59 Å². The monoisotopic (exact) mass is 520 g/mol. The fraction of sp³-hybridized carbons (Fsp3) is 0.591. The highest BCUT2D eigenvalue weighted by atomic mass is 32.1. The standard InChI is InChI=1S/C22H27F3N2O7S/c1-12(19(30)27-10-4-7-15(27)20(31)32)26-14(6-3-8-16(28)17-9-5-11-35-17)18(29)13(2)34-21(33)22(23,24)25/h5,9,11-15,26H,3-4,6-8,10H2,1-2H3,(H,31,32)/t12-,13?,14?,15-/m0/s1. The van der Waals surface area contributed by atoms with E-state index in [9.17, 15) is 42.3 Å². The Hall–Kier alpha value is -2.80. The third-order valence-electron chi connectivity index (χ3n) is 5.59. The van der Waals surface area contributed by atoms with E-state index >= 15 is 0 Å². The number of esters is 1. The zero-order valence-electron chi connectivity index (χ0n) is 19.2. The largest absolute Gasteiger partial charge is 0.490 e. The molecule has 35 heavy (non-hydrogen) atoms. The van der Waals surface area contributed by atoms with Gasteiger partial charge in [-0.15, -0.1) is 11.3 Å². The molecule has 194 valence electrons. The summed E-state index contributed by atoms with van der Waals surface area (Å²) < 4.78 is 41.9. The molecule has 2 unspecified atom stereocenters. The molecule has 1 saturated heterocycles. The number of rotatable bonds is 12. The van der Waals surface area contributed by atoms with Gasteiger partial charge in [0.15, 0.2) is 17.7 Å². The van der Waals surface area contributed by atoms with Gasteiger partial charge in [0.2, 0.25) is 5.91 Å². The molecule has 2 N–H and O–H groups in total. The molecule has 2 rings (SSSR count). The minimum Gasteiger partial charge on any atom is -0.480 e. The number of Topliss-reactive ketones (excluding diaryl/α,β-unsaturated/α-hetero) is 2. The Balaban J connectivity index is 2.09. The van der Waals surface area contributed by atoms with E-state index in [2.05, 4.69) is 10.1 Å². The van der Waals surface area contributed by atoms with Crippen molar-refractivity contribution < 1.29 is 47.0 Å². The maximum atomic E-state index is 12.9. The summed E-state index contributed by atoms with van der Waals surface area (Å²) in [5.41, 5.74) is 0. The van der Waals surface area contributed by atoms with E-state index in [1.807, 2.05) is 0 Å². The number of carboxylic acid groups (broad SMARTS) is 1. The van der Waals surface area contributed by atoms with E-state index < -0.39 is 54.0 Å². The highest BCUT2D eigenvalue weighted by Gasteiger charge is 2.43. The number of thiophene rings is 1. The van der Waals surface area contributed by atoms with Gasteiger partial charge in [0, 0.05) is 13.0 Å². The molecule has 0 radical (unpaired) electrons. The number of aliphatic carboxylic acids is 1. The Labute approximate surface area is 203 Å². The number of halogens is 3. The van der Waals surface area contributed by atoms with Crippen LogP contribution < -0.4 is 5.32 Å². The molecule has 0 bridgehead atoms. The second-order valence-electron chi connectivity index (χ2n) is 8.21. The van der Waals surface area contributed by atoms with Gasteiger partial charge in [-0.05, 0) is 51.0 Å². The molecule has 0 aromatic carbocycles. The Morgan fingerprint density at radius 1 is 1.26 bits per heavy atom. The maximum absolute atomic E-state index is 12.9. The van der Waals surface area contributed by atoms with Gasteiger partial charge in [-0.2, -0.15) is 13.2 Å². The number of alkyl halides is 3. The second-order valence-corrected chi connectivity index (χ2v) is 9.16. The van der Waals surface area contributed by atoms with Crippen LogP contribution in [0.15, 0.2) is 17.5 Å². The van der Waals surface area contributed by atoms with Crippen molar-refractivity contribution in [1.29, 1.82) is 0 Å². The van der Waals surface area contributed by atoms with Crippen LogP contribution >= 0.6 is 11.3 Å². The summed E-state index contributed by atoms with van der Waals surface area (Å²) in [6.07, 6.45) is -6.08. The number of carbonyl (C=O) groups excluding carboxylic acids is 4. The molecular formula is C22H27F3N2O7S. The van der Waals surface area contributed by atoms with Crippen LogP contribution in [0, 0.1) is 0 Å². The fourth-order valence-electron chi connectivity index (χ4n) is 3.81. The molecule has 1 aromatic rings. The molecule has 0 aliphatic carbocycles. The van der Waals surface area contributed by atoms with E-state index in [0.717, 1.165) is 6.92 Å². The second kappa shape index (κ2) is 12.2. The van der Waals surface area contributed by atoms with Crippen molar-refractivity contribution in [2.24, 2.45) is 0 Å². The molecular weight excluding hydrogens is 493 g/mol. The number of ketones is 2. The fourth-order valence-corrected chi connectivity index (χ4v) is 4.51. The summed E-state index contributed by atoms with van der Waals surface area (Å²) in [6, 6.07) is 0.0751. The molecule has 13 heteroatoms. The minimum atomic E-state index is -5.28. The molecule has 1 aliphatic heterocycles. The topological polar surface area (TPSA) is 130 Å². The first-order chi connectivity index (χ1) is 16.3. The summed E-state index contributed by atoms with van der Waals surface area (Å²) in [6.45, 7) is 2.61. The quantitative estimate of drug-likeness (QED) is 0.318. The number of amides is 1. The number of nitrogens with one attached hydrogen (secondary N) is 1. The molecule has 1 aliphatic rings. The SMILES string of the molecule is CC(OC(=O)C(F)(F)F)C(=O)C(CCCC(=O)c1cccs1)N[C@@H](C)C(=O)N1CCC[C@H]1C(=O)O. The first kappa shape index (κ1) is 28.4. The van der Waals surface area contributed by atoms with Crippen LogP contribution in [0.3, 0.4) is 0 Å². The van der Waals surface area contributed by atoms with Crippen molar-refractivity contribution in [1.82, 2.24) is 10.2 Å². The highest BCUT2D eigenvalue weighted by Crippen LogP contribution is 2.21. The van der Waals surface area contributed by atoms with Gasteiger partial charge in [-0.1, -0.05) is 6.07 Å². The highest BCUT2D eigenvalue weighted by molar-refractivity contribution is 7.12. The Bertz CT molecular complexity index is 936. The van der Waals surface area contributed by atoms with Gasteiger partial charge >= 0.3 is 18.1 Å². The molecule has 0 spiro atoms. The van der Waals surface area contributed by atoms with Crippen LogP contribution in [-0.4, -0.2) is 76.4 Å². The average Bonchev–Trinajstić information content (AvgIpc) is 3.48. The summed E-state index contributed by atoms with van der Waals surface area (Å²) in [5.74, 6) is -5.33. The molecule has 1 aromatic heterocycles. The van der Waals surface area contributed by atoms with Crippen LogP contribution in [0.2, 0.25) is 0 Å². The summed E-state index contributed by atoms with van der Waals surface area (Å²) in [4.78, 5) is 62.2. The van der Waals surface area contributed by atoms with Crippen molar-refractivity contribution in [3.63, 3.8) is 0 Å². The minimum absolute atomic E-state index is 0.0240. The zero-order chi connectivity index (χ0) is 26.3. The normalized spacial score (nSPS) is 18.5. The lowest BCUT2D eigenvalue weighted by molar-refractivity contribution is -0.204. The van der Waals surface area contributed by atoms with Crippen LogP contribution in [0.4, 0.5) is 13.2 Å². The molecule has 9 nitrogen and oxygen atoms in total. The number of carbonyl (C=O) groups is 5. The van der Waals surface area contributed by atoms with Crippen molar-refractivity contribution in [3.05, 3.63) is 22.4 Å². The number of likely N-dealkylation sites (tertiary alicyclic amines) is 1. The van der Waals surface area contributed by atoms with Crippen molar-refractivity contribution in [2.45, 2.75) is 76.4 Å². The number of nitrogens with zero attached hydrogens (tertiary/aromatic N) is 1. The number of hydrogen-bond donors (Lipinski definition) is 2. The van der Waals surface area contributed by atoms with Crippen LogP contribution in [-0.2, 0) is 23.9 Å². The van der Waals surface area contributed by atoms with E-state index in [1.54, 1.807) is 17.5 Å². The first-order valence-electron chi connectivity index (χ1n) is 11.0. The van der Waals surface area contributed by atoms with Crippen LogP contribution in [0.5, 0.6) is 0 Å². The summed E-state index contributed by atoms with van der Waals surface area (Å²) >= 11 is 1.25. The van der Waals surface area contributed by atoms with Gasteiger partial charge in [0.25, 0.3) is 0 Å². The maximum Gasteiger partial charge on any atom is 0.490 e. The van der Waals surface area contributed by atoms with E-state index in [0.29, 0.717) is 11.3 Å². The van der Waals surface area contributed by atoms with Gasteiger partial charge in [-0.3, -0.25) is 19.7 Å². The first-order valence-corrected chi connectivity index (χ1v) is 11.9. The van der Waals surface area contributed by atoms with Crippen molar-refractivity contribution in [2.75, 3.05) is 6.54 Å². The lowest BCUT2D eigenvalue weighted by atomic mass is 9.99. The van der Waals surface area contributed by atoms with Gasteiger partial charge in [0.05, 0.1) is 17.0 Å². The number of ether oxygens (including phenoxy) is 1. The molecule has 1 amide bonds. The summed E-state index contributed by atoms with van der Waals surface area (Å²) in [5, 5.41) is 13.8. The molecule has 1 fully saturated rings.